The molecule has 0 aromatic heterocycles. The molecule has 5 heteroatoms. The van der Waals surface area contributed by atoms with Gasteiger partial charge in [0.2, 0.25) is 5.91 Å². The zero-order chi connectivity index (χ0) is 14.2. The maximum atomic E-state index is 11.4. The second-order valence-electron chi connectivity index (χ2n) is 4.60. The van der Waals surface area contributed by atoms with Gasteiger partial charge in [-0.15, -0.1) is 12.4 Å². The van der Waals surface area contributed by atoms with Crippen LogP contribution in [0.3, 0.4) is 0 Å². The summed E-state index contributed by atoms with van der Waals surface area (Å²) in [7, 11) is 0. The minimum atomic E-state index is 0. The number of amides is 1. The molecular weight excluding hydrogens is 288 g/mol. The van der Waals surface area contributed by atoms with Crippen LogP contribution in [0.4, 0.5) is 0 Å². The number of nitrogens with one attached hydrogen (secondary N) is 1. The van der Waals surface area contributed by atoms with Gasteiger partial charge in [-0.05, 0) is 35.9 Å². The number of carbonyl (C=O) groups excluding carboxylic acids is 1. The van der Waals surface area contributed by atoms with Crippen molar-refractivity contribution in [3.05, 3.63) is 42.5 Å². The molecule has 114 valence electrons. The van der Waals surface area contributed by atoms with Gasteiger partial charge < -0.3 is 15.8 Å². The second-order valence-corrected chi connectivity index (χ2v) is 4.60. The van der Waals surface area contributed by atoms with Gasteiger partial charge >= 0.3 is 0 Å². The number of hydrogen-bond donors (Lipinski definition) is 2. The summed E-state index contributed by atoms with van der Waals surface area (Å²) in [5.74, 6) is 0.845. The fourth-order valence-corrected chi connectivity index (χ4v) is 1.97. The molecule has 0 heterocycles. The Morgan fingerprint density at radius 3 is 2.67 bits per heavy atom. The molecule has 2 aromatic rings. The number of halogens is 1. The predicted molar refractivity (Wildman–Crippen MR) is 88.0 cm³/mol. The number of hydrogen-bond acceptors (Lipinski definition) is 3. The van der Waals surface area contributed by atoms with E-state index in [-0.39, 0.29) is 18.3 Å². The summed E-state index contributed by atoms with van der Waals surface area (Å²) < 4.78 is 5.63. The van der Waals surface area contributed by atoms with Crippen LogP contribution >= 0.6 is 12.4 Å². The molecule has 0 spiro atoms. The third kappa shape index (κ3) is 5.61. The zero-order valence-electron chi connectivity index (χ0n) is 11.9. The van der Waals surface area contributed by atoms with Crippen LogP contribution in [0, 0.1) is 0 Å². The molecule has 21 heavy (non-hydrogen) atoms. The van der Waals surface area contributed by atoms with Gasteiger partial charge in [0, 0.05) is 6.42 Å². The Labute approximate surface area is 131 Å². The quantitative estimate of drug-likeness (QED) is 0.772. The first-order valence-electron chi connectivity index (χ1n) is 6.88. The van der Waals surface area contributed by atoms with E-state index in [0.717, 1.165) is 17.6 Å². The number of rotatable bonds is 7. The van der Waals surface area contributed by atoms with E-state index in [1.807, 2.05) is 30.3 Å². The van der Waals surface area contributed by atoms with Gasteiger partial charge in [-0.1, -0.05) is 30.3 Å². The first-order valence-corrected chi connectivity index (χ1v) is 6.88. The molecule has 4 nitrogen and oxygen atoms in total. The molecule has 0 aliphatic rings. The fourth-order valence-electron chi connectivity index (χ4n) is 1.97. The first kappa shape index (κ1) is 17.3. The molecule has 2 rings (SSSR count). The largest absolute Gasteiger partial charge is 0.492 e. The van der Waals surface area contributed by atoms with Gasteiger partial charge in [0.25, 0.3) is 0 Å². The Bertz CT molecular complexity index is 575. The Kier molecular flexibility index (Phi) is 7.58. The Morgan fingerprint density at radius 1 is 1.14 bits per heavy atom. The maximum absolute atomic E-state index is 11.4. The molecule has 0 saturated carbocycles. The van der Waals surface area contributed by atoms with Gasteiger partial charge in [0.1, 0.15) is 12.4 Å². The van der Waals surface area contributed by atoms with Gasteiger partial charge in [-0.2, -0.15) is 0 Å². The summed E-state index contributed by atoms with van der Waals surface area (Å²) in [6, 6.07) is 14.1. The van der Waals surface area contributed by atoms with E-state index in [1.54, 1.807) is 0 Å². The van der Waals surface area contributed by atoms with Crippen molar-refractivity contribution < 1.29 is 9.53 Å². The fraction of sp³-hybridized carbons (Fsp3) is 0.312. The number of fused-ring (bicyclic) bond motifs is 1. The monoisotopic (exact) mass is 308 g/mol. The van der Waals surface area contributed by atoms with Crippen LogP contribution in [0.15, 0.2) is 42.5 Å². The van der Waals surface area contributed by atoms with Crippen molar-refractivity contribution in [3.8, 4) is 5.75 Å². The van der Waals surface area contributed by atoms with Crippen LogP contribution in [0.5, 0.6) is 5.75 Å². The highest BCUT2D eigenvalue weighted by atomic mass is 35.5. The Hall–Kier alpha value is -1.78. The van der Waals surface area contributed by atoms with Crippen LogP contribution < -0.4 is 15.8 Å². The first-order chi connectivity index (χ1) is 9.79. The minimum Gasteiger partial charge on any atom is -0.492 e. The van der Waals surface area contributed by atoms with E-state index in [4.69, 9.17) is 10.5 Å². The lowest BCUT2D eigenvalue weighted by molar-refractivity contribution is -0.121. The van der Waals surface area contributed by atoms with Gasteiger partial charge in [0.05, 0.1) is 6.54 Å². The summed E-state index contributed by atoms with van der Waals surface area (Å²) >= 11 is 0. The molecular formula is C16H21ClN2O2. The average molecular weight is 309 g/mol. The van der Waals surface area contributed by atoms with Crippen LogP contribution in [0.25, 0.3) is 10.8 Å². The van der Waals surface area contributed by atoms with E-state index < -0.39 is 0 Å². The Balaban J connectivity index is 0.00000220. The normalized spacial score (nSPS) is 9.95. The van der Waals surface area contributed by atoms with Crippen molar-refractivity contribution >= 4 is 29.1 Å². The molecule has 0 aliphatic heterocycles. The molecule has 1 amide bonds. The van der Waals surface area contributed by atoms with Crippen molar-refractivity contribution in [1.82, 2.24) is 5.32 Å². The van der Waals surface area contributed by atoms with Crippen LogP contribution in [0.2, 0.25) is 0 Å². The molecule has 3 N–H and O–H groups in total. The molecule has 0 fully saturated rings. The predicted octanol–water partition coefficient (Wildman–Crippen LogP) is 2.50. The van der Waals surface area contributed by atoms with Crippen LogP contribution in [-0.4, -0.2) is 25.6 Å². The number of benzene rings is 2. The third-order valence-electron chi connectivity index (χ3n) is 3.02. The summed E-state index contributed by atoms with van der Waals surface area (Å²) in [4.78, 5) is 11.4. The standard InChI is InChI=1S/C16H20N2O2.ClH/c17-9-3-6-16(19)18-10-11-20-15-8-7-13-4-1-2-5-14(13)12-15;/h1-2,4-5,7-8,12H,3,6,9-11,17H2,(H,18,19);1H. The van der Waals surface area contributed by atoms with E-state index in [1.165, 1.54) is 5.39 Å². The van der Waals surface area contributed by atoms with E-state index in [2.05, 4.69) is 17.4 Å². The highest BCUT2D eigenvalue weighted by molar-refractivity contribution is 5.85. The lowest BCUT2D eigenvalue weighted by Gasteiger charge is -2.08. The SMILES string of the molecule is Cl.NCCCC(=O)NCCOc1ccc2ccccc2c1. The van der Waals surface area contributed by atoms with Crippen molar-refractivity contribution in [1.29, 1.82) is 0 Å². The topological polar surface area (TPSA) is 64.4 Å². The highest BCUT2D eigenvalue weighted by Gasteiger charge is 2.00. The van der Waals surface area contributed by atoms with Crippen molar-refractivity contribution in [2.45, 2.75) is 12.8 Å². The summed E-state index contributed by atoms with van der Waals surface area (Å²) in [5, 5.41) is 5.15. The number of ether oxygens (including phenoxy) is 1. The Morgan fingerprint density at radius 2 is 1.90 bits per heavy atom. The molecule has 0 atom stereocenters. The van der Waals surface area contributed by atoms with E-state index >= 15 is 0 Å². The van der Waals surface area contributed by atoms with E-state index in [9.17, 15) is 4.79 Å². The van der Waals surface area contributed by atoms with Crippen molar-refractivity contribution in [3.63, 3.8) is 0 Å². The molecule has 0 saturated heterocycles. The zero-order valence-corrected chi connectivity index (χ0v) is 12.7. The minimum absolute atomic E-state index is 0. The van der Waals surface area contributed by atoms with Crippen LogP contribution in [-0.2, 0) is 4.79 Å². The molecule has 0 unspecified atom stereocenters. The molecule has 2 aromatic carbocycles. The summed E-state index contributed by atoms with van der Waals surface area (Å²) in [6.07, 6.45) is 1.20. The molecule has 0 radical (unpaired) electrons. The van der Waals surface area contributed by atoms with Gasteiger partial charge in [-0.25, -0.2) is 0 Å². The third-order valence-corrected chi connectivity index (χ3v) is 3.02. The second kappa shape index (κ2) is 9.21. The lowest BCUT2D eigenvalue weighted by atomic mass is 10.1. The van der Waals surface area contributed by atoms with E-state index in [0.29, 0.717) is 26.1 Å². The molecule has 0 aliphatic carbocycles. The highest BCUT2D eigenvalue weighted by Crippen LogP contribution is 2.20. The molecule has 0 bridgehead atoms. The maximum Gasteiger partial charge on any atom is 0.220 e. The van der Waals surface area contributed by atoms with Gasteiger partial charge in [0.15, 0.2) is 0 Å². The average Bonchev–Trinajstić information content (AvgIpc) is 2.49. The van der Waals surface area contributed by atoms with Crippen molar-refractivity contribution in [2.24, 2.45) is 5.73 Å². The summed E-state index contributed by atoms with van der Waals surface area (Å²) in [5.41, 5.74) is 5.35. The van der Waals surface area contributed by atoms with Crippen LogP contribution in [0.1, 0.15) is 12.8 Å². The number of carbonyl (C=O) groups is 1. The lowest BCUT2D eigenvalue weighted by Crippen LogP contribution is -2.28. The number of nitrogens with two attached hydrogens (primary N) is 1. The summed E-state index contributed by atoms with van der Waals surface area (Å²) in [6.45, 7) is 1.52. The van der Waals surface area contributed by atoms with Gasteiger partial charge in [-0.3, -0.25) is 4.79 Å². The van der Waals surface area contributed by atoms with Crippen molar-refractivity contribution in [2.75, 3.05) is 19.7 Å². The smallest absolute Gasteiger partial charge is 0.220 e.